The number of amides is 1. The van der Waals surface area contributed by atoms with Crippen LogP contribution in [0, 0.1) is 11.5 Å². The minimum Gasteiger partial charge on any atom is -0.372 e. The van der Waals surface area contributed by atoms with E-state index in [1.807, 2.05) is 0 Å². The number of esters is 1. The summed E-state index contributed by atoms with van der Waals surface area (Å²) in [6.45, 7) is 1.46. The summed E-state index contributed by atoms with van der Waals surface area (Å²) in [5.41, 5.74) is 8.17. The Kier molecular flexibility index (Phi) is 8.18. The van der Waals surface area contributed by atoms with Gasteiger partial charge >= 0.3 is 12.2 Å². The zero-order valence-electron chi connectivity index (χ0n) is 11.0. The third-order valence-electron chi connectivity index (χ3n) is 2.35. The van der Waals surface area contributed by atoms with Crippen molar-refractivity contribution in [2.24, 2.45) is 0 Å². The van der Waals surface area contributed by atoms with Gasteiger partial charge in [-0.05, 0) is 13.3 Å². The van der Waals surface area contributed by atoms with Crippen LogP contribution in [0.4, 0.5) is 0 Å². The van der Waals surface area contributed by atoms with Gasteiger partial charge in [-0.25, -0.2) is 4.79 Å². The van der Waals surface area contributed by atoms with Crippen LogP contribution in [0.15, 0.2) is 0 Å². The molecule has 0 aromatic heterocycles. The van der Waals surface area contributed by atoms with Gasteiger partial charge in [0, 0.05) is 13.5 Å². The Balaban J connectivity index is 4.69. The minimum atomic E-state index is -1.17. The number of rotatable bonds is 8. The topological polar surface area (TPSA) is 142 Å². The number of carbonyl (C=O) groups excluding carboxylic acids is 3. The zero-order valence-corrected chi connectivity index (χ0v) is 11.0. The van der Waals surface area contributed by atoms with Crippen LogP contribution < -0.4 is 5.32 Å². The molecular weight excluding hydrogens is 268 g/mol. The first-order valence-corrected chi connectivity index (χ1v) is 5.59. The highest BCUT2D eigenvalue weighted by atomic mass is 16.5. The fourth-order valence-corrected chi connectivity index (χ4v) is 1.18. The summed E-state index contributed by atoms with van der Waals surface area (Å²) < 4.78 is 8.89. The van der Waals surface area contributed by atoms with Gasteiger partial charge < -0.3 is 20.3 Å². The van der Waals surface area contributed by atoms with Crippen molar-refractivity contribution in [2.45, 2.75) is 31.9 Å². The van der Waals surface area contributed by atoms with Crippen molar-refractivity contribution in [1.82, 2.24) is 5.32 Å². The number of Topliss-reactive ketones (excluding diaryl/α,β-unsaturated/α-hetero) is 1. The van der Waals surface area contributed by atoms with Crippen LogP contribution in [-0.4, -0.2) is 47.9 Å². The molecule has 0 unspecified atom stereocenters. The molecule has 0 fully saturated rings. The van der Waals surface area contributed by atoms with Crippen molar-refractivity contribution in [3.05, 3.63) is 5.53 Å². The number of hydrogen-bond acceptors (Lipinski definition) is 6. The smallest absolute Gasteiger partial charge is 0.344 e. The molecule has 9 heteroatoms. The van der Waals surface area contributed by atoms with E-state index in [4.69, 9.17) is 15.5 Å². The molecule has 2 atom stereocenters. The lowest BCUT2D eigenvalue weighted by Gasteiger charge is -2.17. The summed E-state index contributed by atoms with van der Waals surface area (Å²) in [4.78, 5) is 36.7. The highest BCUT2D eigenvalue weighted by Crippen LogP contribution is 2.02. The fourth-order valence-electron chi connectivity index (χ4n) is 1.18. The second kappa shape index (κ2) is 9.38. The molecule has 1 N–H and O–H groups in total. The summed E-state index contributed by atoms with van der Waals surface area (Å²) >= 11 is 0. The average Bonchev–Trinajstić information content (AvgIpc) is 2.42. The predicted octanol–water partition coefficient (Wildman–Crippen LogP) is -0.820. The van der Waals surface area contributed by atoms with E-state index >= 15 is 0 Å². The first-order valence-electron chi connectivity index (χ1n) is 5.59. The maximum Gasteiger partial charge on any atom is 0.344 e. The van der Waals surface area contributed by atoms with Gasteiger partial charge in [-0.1, -0.05) is 0 Å². The van der Waals surface area contributed by atoms with E-state index in [1.165, 1.54) is 20.3 Å². The van der Waals surface area contributed by atoms with Crippen LogP contribution in [0.1, 0.15) is 19.8 Å². The molecule has 0 aromatic rings. The number of ketones is 1. The second-order valence-electron chi connectivity index (χ2n) is 3.70. The van der Waals surface area contributed by atoms with E-state index in [-0.39, 0.29) is 12.8 Å². The Morgan fingerprint density at radius 3 is 2.65 bits per heavy atom. The standard InChI is InChI=1S/C11H14N4O5/c1-7(19-2)10(17)15-9(11(18)20-6-12)4-3-8(16)5-14-13/h5,7,9H,3-4H2,1-2H3,(H,15,17)/t7-,9-/m0/s1. The molecule has 0 aliphatic heterocycles. The summed E-state index contributed by atoms with van der Waals surface area (Å²) in [7, 11) is 1.31. The first kappa shape index (κ1) is 17.4. The molecule has 0 saturated carbocycles. The van der Waals surface area contributed by atoms with Crippen molar-refractivity contribution >= 4 is 23.9 Å². The van der Waals surface area contributed by atoms with Crippen LogP contribution in [0.3, 0.4) is 0 Å². The Hall–Kier alpha value is -2.56. The van der Waals surface area contributed by atoms with Gasteiger partial charge in [0.05, 0.1) is 0 Å². The Bertz CT molecular complexity index is 464. The van der Waals surface area contributed by atoms with Crippen molar-refractivity contribution in [3.8, 4) is 6.26 Å². The van der Waals surface area contributed by atoms with Gasteiger partial charge in [-0.15, -0.1) is 5.26 Å². The number of nitriles is 1. The molecule has 0 bridgehead atoms. The summed E-state index contributed by atoms with van der Waals surface area (Å²) in [6, 6.07) is -1.17. The van der Waals surface area contributed by atoms with E-state index in [2.05, 4.69) is 14.8 Å². The molecule has 9 nitrogen and oxygen atoms in total. The fraction of sp³-hybridized carbons (Fsp3) is 0.545. The molecular formula is C11H14N4O5. The highest BCUT2D eigenvalue weighted by Gasteiger charge is 2.25. The van der Waals surface area contributed by atoms with Crippen LogP contribution >= 0.6 is 0 Å². The molecule has 1 amide bonds. The lowest BCUT2D eigenvalue weighted by Crippen LogP contribution is -2.45. The number of carbonyl (C=O) groups is 3. The van der Waals surface area contributed by atoms with Crippen LogP contribution in [0.5, 0.6) is 0 Å². The Labute approximate surface area is 115 Å². The normalized spacial score (nSPS) is 12.2. The van der Waals surface area contributed by atoms with E-state index < -0.39 is 29.8 Å². The molecule has 0 heterocycles. The molecule has 0 rings (SSSR count). The van der Waals surface area contributed by atoms with Crippen LogP contribution in [-0.2, 0) is 23.9 Å². The van der Waals surface area contributed by atoms with Gasteiger partial charge in [0.2, 0.25) is 11.7 Å². The molecule has 0 saturated heterocycles. The monoisotopic (exact) mass is 282 g/mol. The van der Waals surface area contributed by atoms with Gasteiger partial charge in [0.15, 0.2) is 0 Å². The molecule has 0 aliphatic carbocycles. The van der Waals surface area contributed by atoms with E-state index in [1.54, 1.807) is 0 Å². The van der Waals surface area contributed by atoms with Crippen LogP contribution in [0.25, 0.3) is 5.53 Å². The number of nitrogens with one attached hydrogen (secondary N) is 1. The minimum absolute atomic E-state index is 0.104. The van der Waals surface area contributed by atoms with Crippen LogP contribution in [0.2, 0.25) is 0 Å². The van der Waals surface area contributed by atoms with Crippen molar-refractivity contribution < 1.29 is 28.6 Å². The number of ether oxygens (including phenoxy) is 2. The molecule has 0 radical (unpaired) electrons. The molecule has 20 heavy (non-hydrogen) atoms. The van der Waals surface area contributed by atoms with Gasteiger partial charge in [-0.3, -0.25) is 9.59 Å². The van der Waals surface area contributed by atoms with E-state index in [9.17, 15) is 14.4 Å². The van der Waals surface area contributed by atoms with E-state index in [0.717, 1.165) is 0 Å². The highest BCUT2D eigenvalue weighted by molar-refractivity contribution is 6.25. The average molecular weight is 282 g/mol. The molecule has 108 valence electrons. The van der Waals surface area contributed by atoms with Gasteiger partial charge in [0.1, 0.15) is 12.1 Å². The summed E-state index contributed by atoms with van der Waals surface area (Å²) in [6.07, 6.45) is 0.790. The first-order chi connectivity index (χ1) is 9.46. The second-order valence-corrected chi connectivity index (χ2v) is 3.70. The van der Waals surface area contributed by atoms with Crippen molar-refractivity contribution in [3.63, 3.8) is 0 Å². The largest absolute Gasteiger partial charge is 0.372 e. The molecule has 0 aliphatic rings. The SMILES string of the molecule is CO[C@@H](C)C(=O)N[C@@H](CCC(=O)C=[N+]=[N-])C(=O)OC#N. The Morgan fingerprint density at radius 2 is 2.15 bits per heavy atom. The molecule has 0 spiro atoms. The van der Waals surface area contributed by atoms with E-state index in [0.29, 0.717) is 6.21 Å². The summed E-state index contributed by atoms with van der Waals surface area (Å²) in [5.74, 6) is -2.12. The summed E-state index contributed by atoms with van der Waals surface area (Å²) in [5, 5.41) is 10.6. The van der Waals surface area contributed by atoms with Crippen molar-refractivity contribution in [1.29, 1.82) is 5.26 Å². The lowest BCUT2D eigenvalue weighted by molar-refractivity contribution is -0.143. The predicted molar refractivity (Wildman–Crippen MR) is 64.0 cm³/mol. The number of methoxy groups -OCH3 is 1. The molecule has 0 aromatic carbocycles. The van der Waals surface area contributed by atoms with Crippen molar-refractivity contribution in [2.75, 3.05) is 7.11 Å². The third kappa shape index (κ3) is 6.39. The Morgan fingerprint density at radius 1 is 1.50 bits per heavy atom. The van der Waals surface area contributed by atoms with Gasteiger partial charge in [-0.2, -0.15) is 4.79 Å². The number of hydrogen-bond donors (Lipinski definition) is 1. The maximum atomic E-state index is 11.6. The lowest BCUT2D eigenvalue weighted by atomic mass is 10.1. The third-order valence-corrected chi connectivity index (χ3v) is 2.35. The maximum absolute atomic E-state index is 11.6. The number of nitrogens with zero attached hydrogens (tertiary/aromatic N) is 3. The van der Waals surface area contributed by atoms with Gasteiger partial charge in [0.25, 0.3) is 6.26 Å². The quantitative estimate of drug-likeness (QED) is 0.202. The zero-order chi connectivity index (χ0) is 15.5.